The summed E-state index contributed by atoms with van der Waals surface area (Å²) in [5.41, 5.74) is 2.50. The summed E-state index contributed by atoms with van der Waals surface area (Å²) in [7, 11) is -5.13. The Morgan fingerprint density at radius 1 is 1.23 bits per heavy atom. The van der Waals surface area contributed by atoms with Crippen LogP contribution in [0, 0.1) is 0 Å². The summed E-state index contributed by atoms with van der Waals surface area (Å²) >= 11 is 0. The number of hydrogen-bond acceptors (Lipinski definition) is 5. The van der Waals surface area contributed by atoms with Crippen LogP contribution in [0.25, 0.3) is 11.1 Å². The molecule has 1 aromatic heterocycles. The molecule has 1 aliphatic rings. The van der Waals surface area contributed by atoms with Gasteiger partial charge in [-0.15, -0.1) is 0 Å². The van der Waals surface area contributed by atoms with E-state index in [0.717, 1.165) is 24.2 Å². The molecular weight excluding hydrogens is 438 g/mol. The van der Waals surface area contributed by atoms with Gasteiger partial charge in [-0.2, -0.15) is 8.78 Å². The van der Waals surface area contributed by atoms with Crippen LogP contribution in [0.3, 0.4) is 0 Å². The van der Waals surface area contributed by atoms with Crippen molar-refractivity contribution < 1.29 is 36.8 Å². The number of nitrogens with zero attached hydrogens (tertiary/aromatic N) is 1. The second-order valence-electron chi connectivity index (χ2n) is 6.98. The number of carbonyl (C=O) groups excluding carboxylic acids is 1. The van der Waals surface area contributed by atoms with E-state index in [1.807, 2.05) is 12.1 Å². The van der Waals surface area contributed by atoms with Crippen LogP contribution < -0.4 is 10.6 Å². The molecule has 1 unspecified atom stereocenters. The van der Waals surface area contributed by atoms with Gasteiger partial charge in [-0.05, 0) is 30.2 Å². The third-order valence-electron chi connectivity index (χ3n) is 4.85. The number of alkyl halides is 3. The lowest BCUT2D eigenvalue weighted by molar-refractivity contribution is -0.133. The lowest BCUT2D eigenvalue weighted by Crippen LogP contribution is -2.44. The number of pyridine rings is 1. The molecule has 2 heterocycles. The highest BCUT2D eigenvalue weighted by atomic mass is 31.2. The summed E-state index contributed by atoms with van der Waals surface area (Å²) in [6.45, 7) is -0.434. The first-order valence-electron chi connectivity index (χ1n) is 9.36. The lowest BCUT2D eigenvalue weighted by atomic mass is 9.98. The number of phosphoric ester groups is 1. The van der Waals surface area contributed by atoms with E-state index in [9.17, 15) is 22.5 Å². The van der Waals surface area contributed by atoms with Gasteiger partial charge in [0.15, 0.2) is 0 Å². The Labute approximate surface area is 176 Å². The molecule has 8 nitrogen and oxygen atoms in total. The zero-order chi connectivity index (χ0) is 22.6. The average molecular weight is 459 g/mol. The van der Waals surface area contributed by atoms with E-state index < -0.39 is 39.0 Å². The van der Waals surface area contributed by atoms with Crippen LogP contribution >= 0.6 is 7.82 Å². The van der Waals surface area contributed by atoms with Gasteiger partial charge in [0.25, 0.3) is 5.91 Å². The molecule has 168 valence electrons. The van der Waals surface area contributed by atoms with E-state index in [4.69, 9.17) is 9.79 Å². The molecule has 1 aromatic carbocycles. The van der Waals surface area contributed by atoms with Crippen molar-refractivity contribution in [3.8, 4) is 11.1 Å². The Morgan fingerprint density at radius 2 is 1.87 bits per heavy atom. The highest BCUT2D eigenvalue weighted by molar-refractivity contribution is 7.46. The van der Waals surface area contributed by atoms with Crippen molar-refractivity contribution in [3.05, 3.63) is 53.9 Å². The van der Waals surface area contributed by atoms with Crippen LogP contribution in [0.4, 0.5) is 13.2 Å². The maximum atomic E-state index is 13.5. The van der Waals surface area contributed by atoms with Crippen molar-refractivity contribution in [2.45, 2.75) is 31.0 Å². The van der Waals surface area contributed by atoms with E-state index >= 15 is 0 Å². The van der Waals surface area contributed by atoms with Gasteiger partial charge in [0, 0.05) is 11.8 Å². The molecule has 0 spiro atoms. The molecular formula is C19H21F3N3O5P. The summed E-state index contributed by atoms with van der Waals surface area (Å²) in [5.74, 6) is -1.77. The van der Waals surface area contributed by atoms with Gasteiger partial charge < -0.3 is 20.4 Å². The largest absolute Gasteiger partial charge is 0.470 e. The molecule has 3 rings (SSSR count). The minimum atomic E-state index is -5.13. The third-order valence-corrected chi connectivity index (χ3v) is 5.35. The van der Waals surface area contributed by atoms with Crippen molar-refractivity contribution >= 4 is 13.7 Å². The van der Waals surface area contributed by atoms with Gasteiger partial charge in [0.05, 0.1) is 17.8 Å². The fourth-order valence-corrected chi connectivity index (χ4v) is 3.71. The van der Waals surface area contributed by atoms with Crippen LogP contribution in [-0.2, 0) is 13.9 Å². The number of hydrogen-bond donors (Lipinski definition) is 4. The monoisotopic (exact) mass is 459 g/mol. The smallest absolute Gasteiger partial charge is 0.343 e. The molecule has 0 aliphatic carbocycles. The molecule has 1 saturated heterocycles. The Balaban J connectivity index is 1.82. The van der Waals surface area contributed by atoms with Gasteiger partial charge >= 0.3 is 14.2 Å². The van der Waals surface area contributed by atoms with Crippen molar-refractivity contribution in [1.29, 1.82) is 0 Å². The fraction of sp³-hybridized carbons (Fsp3) is 0.368. The highest BCUT2D eigenvalue weighted by Gasteiger charge is 2.33. The first kappa shape index (κ1) is 23.4. The van der Waals surface area contributed by atoms with Crippen molar-refractivity contribution in [1.82, 2.24) is 15.6 Å². The Morgan fingerprint density at radius 3 is 2.32 bits per heavy atom. The summed E-state index contributed by atoms with van der Waals surface area (Å²) in [6.07, 6.45) is -2.41. The molecule has 3 atom stereocenters. The van der Waals surface area contributed by atoms with Crippen LogP contribution in [0.5, 0.6) is 0 Å². The predicted octanol–water partition coefficient (Wildman–Crippen LogP) is 2.65. The number of phosphoric acid groups is 1. The number of amides is 1. The fourth-order valence-electron chi connectivity index (χ4n) is 3.14. The number of halogens is 3. The predicted molar refractivity (Wildman–Crippen MR) is 105 cm³/mol. The zero-order valence-corrected chi connectivity index (χ0v) is 17.0. The first-order chi connectivity index (χ1) is 14.7. The summed E-state index contributed by atoms with van der Waals surface area (Å²) in [4.78, 5) is 34.0. The molecule has 31 heavy (non-hydrogen) atoms. The molecule has 2 aromatic rings. The number of carbonyl (C=O) groups is 1. The first-order valence-corrected chi connectivity index (χ1v) is 10.9. The maximum Gasteiger partial charge on any atom is 0.470 e. The lowest BCUT2D eigenvalue weighted by Gasteiger charge is -2.27. The Kier molecular flexibility index (Phi) is 7.45. The standard InChI is InChI=1S/C19H21F3N3O5P/c20-9-16(25-19(26)18(21)22)17(30-31(27,28)29)12-3-1-11(2-4-12)13-5-6-14(24-10-13)15-7-8-23-15/h1-6,10,15-18,23H,7-9H2,(H,25,26)(H2,27,28,29)/t15?,16-,17-/m1/s1. The molecule has 0 radical (unpaired) electrons. The number of nitrogens with one attached hydrogen (secondary N) is 2. The summed E-state index contributed by atoms with van der Waals surface area (Å²) in [6, 6.07) is 8.27. The maximum absolute atomic E-state index is 13.5. The number of rotatable bonds is 9. The Hall–Kier alpha value is -2.30. The Bertz CT molecular complexity index is 936. The quantitative estimate of drug-likeness (QED) is 0.426. The molecule has 12 heteroatoms. The second-order valence-corrected chi connectivity index (χ2v) is 8.17. The van der Waals surface area contributed by atoms with E-state index in [2.05, 4.69) is 14.8 Å². The van der Waals surface area contributed by atoms with Gasteiger partial charge in [0.1, 0.15) is 12.8 Å². The highest BCUT2D eigenvalue weighted by Crippen LogP contribution is 2.44. The zero-order valence-electron chi connectivity index (χ0n) is 16.1. The van der Waals surface area contributed by atoms with Crippen molar-refractivity contribution in [3.63, 3.8) is 0 Å². The van der Waals surface area contributed by atoms with Gasteiger partial charge in [-0.3, -0.25) is 14.3 Å². The van der Waals surface area contributed by atoms with Gasteiger partial charge in [-0.25, -0.2) is 8.96 Å². The summed E-state index contributed by atoms with van der Waals surface area (Å²) < 4.78 is 54.5. The van der Waals surface area contributed by atoms with Crippen molar-refractivity contribution in [2.24, 2.45) is 0 Å². The van der Waals surface area contributed by atoms with Crippen molar-refractivity contribution in [2.75, 3.05) is 13.2 Å². The normalized spacial score (nSPS) is 18.3. The van der Waals surface area contributed by atoms with Crippen LogP contribution in [-0.4, -0.2) is 46.4 Å². The van der Waals surface area contributed by atoms with Crippen LogP contribution in [0.15, 0.2) is 42.6 Å². The minimum absolute atomic E-state index is 0.0903. The topological polar surface area (TPSA) is 121 Å². The minimum Gasteiger partial charge on any atom is -0.343 e. The molecule has 1 fully saturated rings. The average Bonchev–Trinajstić information content (AvgIpc) is 2.69. The molecule has 0 saturated carbocycles. The number of benzene rings is 1. The molecule has 1 aliphatic heterocycles. The van der Waals surface area contributed by atoms with E-state index in [0.29, 0.717) is 5.56 Å². The van der Waals surface area contributed by atoms with Gasteiger partial charge in [-0.1, -0.05) is 30.3 Å². The summed E-state index contributed by atoms with van der Waals surface area (Å²) in [5, 5.41) is 4.96. The van der Waals surface area contributed by atoms with Crippen LogP contribution in [0.1, 0.15) is 29.8 Å². The molecule has 4 N–H and O–H groups in total. The molecule has 0 bridgehead atoms. The molecule has 1 amide bonds. The van der Waals surface area contributed by atoms with E-state index in [1.165, 1.54) is 12.1 Å². The SMILES string of the molecule is O=C(N[C@H](CF)[C@H](OP(=O)(O)O)c1ccc(-c2ccc(C3CCN3)nc2)cc1)C(F)F. The van der Waals surface area contributed by atoms with E-state index in [-0.39, 0.29) is 11.6 Å². The second kappa shape index (κ2) is 9.88. The van der Waals surface area contributed by atoms with E-state index in [1.54, 1.807) is 23.6 Å². The third kappa shape index (κ3) is 6.11. The van der Waals surface area contributed by atoms with Crippen LogP contribution in [0.2, 0.25) is 0 Å². The number of aromatic nitrogens is 1. The van der Waals surface area contributed by atoms with Gasteiger partial charge in [0.2, 0.25) is 0 Å².